The van der Waals surface area contributed by atoms with E-state index in [9.17, 15) is 18.0 Å². The Hall–Kier alpha value is -1.97. The molecule has 2 amide bonds. The molecule has 1 fully saturated rings. The number of piperidine rings is 1. The Balaban J connectivity index is 1.70. The summed E-state index contributed by atoms with van der Waals surface area (Å²) >= 11 is 0. The predicted molar refractivity (Wildman–Crippen MR) is 102 cm³/mol. The monoisotopic (exact) mass is 396 g/mol. The van der Waals surface area contributed by atoms with Crippen LogP contribution in [0.15, 0.2) is 29.2 Å². The molecule has 0 spiro atoms. The molecular formula is C18H28N4O4S. The van der Waals surface area contributed by atoms with E-state index in [0.29, 0.717) is 31.8 Å². The highest BCUT2D eigenvalue weighted by Crippen LogP contribution is 2.20. The number of nitrogens with one attached hydrogen (secondary N) is 1. The van der Waals surface area contributed by atoms with Gasteiger partial charge in [-0.05, 0) is 55.8 Å². The molecule has 1 atom stereocenters. The molecule has 27 heavy (non-hydrogen) atoms. The standard InChI is InChI=1S/C18H28N4O4S/c19-17(23)8-5-15-2-1-11-22(12-15)13-18(24)21-10-9-14-3-6-16(7-4-14)27(20,25)26/h3-4,6-7,15H,1-2,5,8-13H2,(H2,19,23)(H,21,24)(H2,20,25,26). The first-order valence-electron chi connectivity index (χ1n) is 9.13. The molecule has 2 rings (SSSR count). The van der Waals surface area contributed by atoms with Gasteiger partial charge in [0.25, 0.3) is 0 Å². The van der Waals surface area contributed by atoms with Crippen LogP contribution in [0.25, 0.3) is 0 Å². The maximum absolute atomic E-state index is 12.1. The van der Waals surface area contributed by atoms with E-state index in [1.807, 2.05) is 0 Å². The Kier molecular flexibility index (Phi) is 7.76. The van der Waals surface area contributed by atoms with Crippen molar-refractivity contribution >= 4 is 21.8 Å². The highest BCUT2D eigenvalue weighted by Gasteiger charge is 2.21. The summed E-state index contributed by atoms with van der Waals surface area (Å²) in [5.74, 6) is 0.102. The number of hydrogen-bond donors (Lipinski definition) is 3. The lowest BCUT2D eigenvalue weighted by atomic mass is 9.93. The first-order valence-corrected chi connectivity index (χ1v) is 10.7. The third-order valence-electron chi connectivity index (χ3n) is 4.76. The largest absolute Gasteiger partial charge is 0.370 e. The van der Waals surface area contributed by atoms with E-state index in [-0.39, 0.29) is 16.7 Å². The van der Waals surface area contributed by atoms with Gasteiger partial charge in [0.1, 0.15) is 0 Å². The molecule has 9 heteroatoms. The highest BCUT2D eigenvalue weighted by molar-refractivity contribution is 7.89. The zero-order chi connectivity index (χ0) is 19.9. The lowest BCUT2D eigenvalue weighted by Crippen LogP contribution is -2.43. The number of hydrogen-bond acceptors (Lipinski definition) is 5. The molecule has 150 valence electrons. The third kappa shape index (κ3) is 7.66. The van der Waals surface area contributed by atoms with Crippen molar-refractivity contribution in [2.75, 3.05) is 26.2 Å². The number of likely N-dealkylation sites (tertiary alicyclic amines) is 1. The number of nitrogens with two attached hydrogens (primary N) is 2. The van der Waals surface area contributed by atoms with Gasteiger partial charge in [-0.3, -0.25) is 14.5 Å². The first-order chi connectivity index (χ1) is 12.7. The Labute approximate surface area is 160 Å². The number of carbonyl (C=O) groups excluding carboxylic acids is 2. The van der Waals surface area contributed by atoms with Gasteiger partial charge < -0.3 is 11.1 Å². The molecule has 1 aliphatic heterocycles. The minimum Gasteiger partial charge on any atom is -0.370 e. The van der Waals surface area contributed by atoms with Crippen molar-refractivity contribution in [1.82, 2.24) is 10.2 Å². The minimum atomic E-state index is -3.68. The topological polar surface area (TPSA) is 136 Å². The Bertz CT molecular complexity index is 749. The molecule has 1 aliphatic rings. The van der Waals surface area contributed by atoms with Crippen molar-refractivity contribution in [3.8, 4) is 0 Å². The third-order valence-corrected chi connectivity index (χ3v) is 5.69. The fraction of sp³-hybridized carbons (Fsp3) is 0.556. The summed E-state index contributed by atoms with van der Waals surface area (Å²) < 4.78 is 22.5. The number of rotatable bonds is 9. The van der Waals surface area contributed by atoms with E-state index in [2.05, 4.69) is 10.2 Å². The molecule has 5 N–H and O–H groups in total. The molecule has 1 heterocycles. The summed E-state index contributed by atoms with van der Waals surface area (Å²) in [5, 5.41) is 7.96. The molecule has 0 aromatic heterocycles. The van der Waals surface area contributed by atoms with Crippen LogP contribution in [0, 0.1) is 5.92 Å². The number of carbonyl (C=O) groups is 2. The summed E-state index contributed by atoms with van der Waals surface area (Å²) in [6, 6.07) is 6.32. The Morgan fingerprint density at radius 3 is 2.56 bits per heavy atom. The normalized spacial score (nSPS) is 18.2. The Morgan fingerprint density at radius 1 is 1.22 bits per heavy atom. The van der Waals surface area contributed by atoms with E-state index in [4.69, 9.17) is 10.9 Å². The predicted octanol–water partition coefficient (Wildman–Crippen LogP) is -0.0298. The molecule has 0 saturated carbocycles. The first kappa shape index (κ1) is 21.3. The quantitative estimate of drug-likeness (QED) is 0.538. The molecule has 1 unspecified atom stereocenters. The number of primary sulfonamides is 1. The molecular weight excluding hydrogens is 368 g/mol. The second-order valence-electron chi connectivity index (χ2n) is 7.04. The summed E-state index contributed by atoms with van der Waals surface area (Å²) in [4.78, 5) is 25.2. The number of benzene rings is 1. The van der Waals surface area contributed by atoms with Gasteiger partial charge in [-0.2, -0.15) is 0 Å². The van der Waals surface area contributed by atoms with Crippen LogP contribution in [0.2, 0.25) is 0 Å². The fourth-order valence-corrected chi connectivity index (χ4v) is 3.84. The van der Waals surface area contributed by atoms with Gasteiger partial charge in [0.2, 0.25) is 21.8 Å². The van der Waals surface area contributed by atoms with Crippen LogP contribution >= 0.6 is 0 Å². The maximum atomic E-state index is 12.1. The van der Waals surface area contributed by atoms with Gasteiger partial charge in [-0.15, -0.1) is 0 Å². The lowest BCUT2D eigenvalue weighted by Gasteiger charge is -2.32. The van der Waals surface area contributed by atoms with Crippen molar-refractivity contribution in [2.45, 2.75) is 37.0 Å². The van der Waals surface area contributed by atoms with Gasteiger partial charge in [-0.25, -0.2) is 13.6 Å². The van der Waals surface area contributed by atoms with Crippen molar-refractivity contribution in [2.24, 2.45) is 16.8 Å². The number of sulfonamides is 1. The maximum Gasteiger partial charge on any atom is 0.238 e. The van der Waals surface area contributed by atoms with Crippen LogP contribution in [-0.2, 0) is 26.0 Å². The molecule has 0 aliphatic carbocycles. The molecule has 1 aromatic rings. The minimum absolute atomic E-state index is 0.0355. The zero-order valence-electron chi connectivity index (χ0n) is 15.4. The van der Waals surface area contributed by atoms with Crippen LogP contribution in [-0.4, -0.2) is 51.3 Å². The summed E-state index contributed by atoms with van der Waals surface area (Å²) in [6.45, 7) is 2.52. The highest BCUT2D eigenvalue weighted by atomic mass is 32.2. The van der Waals surface area contributed by atoms with Gasteiger partial charge in [0, 0.05) is 19.5 Å². The summed E-state index contributed by atoms with van der Waals surface area (Å²) in [7, 11) is -3.68. The molecule has 0 radical (unpaired) electrons. The van der Waals surface area contributed by atoms with Crippen LogP contribution in [0.4, 0.5) is 0 Å². The second kappa shape index (κ2) is 9.82. The van der Waals surface area contributed by atoms with Gasteiger partial charge in [0.05, 0.1) is 11.4 Å². The number of amides is 2. The van der Waals surface area contributed by atoms with Crippen LogP contribution in [0.1, 0.15) is 31.2 Å². The molecule has 1 saturated heterocycles. The average molecular weight is 397 g/mol. The number of primary amides is 1. The van der Waals surface area contributed by atoms with Crippen LogP contribution in [0.5, 0.6) is 0 Å². The lowest BCUT2D eigenvalue weighted by molar-refractivity contribution is -0.123. The fourth-order valence-electron chi connectivity index (χ4n) is 3.33. The van der Waals surface area contributed by atoms with E-state index in [0.717, 1.165) is 37.9 Å². The van der Waals surface area contributed by atoms with Crippen LogP contribution in [0.3, 0.4) is 0 Å². The van der Waals surface area contributed by atoms with E-state index < -0.39 is 10.0 Å². The van der Waals surface area contributed by atoms with Crippen molar-refractivity contribution < 1.29 is 18.0 Å². The van der Waals surface area contributed by atoms with E-state index >= 15 is 0 Å². The van der Waals surface area contributed by atoms with Gasteiger partial charge >= 0.3 is 0 Å². The zero-order valence-corrected chi connectivity index (χ0v) is 16.2. The molecule has 0 bridgehead atoms. The summed E-state index contributed by atoms with van der Waals surface area (Å²) in [5.41, 5.74) is 6.13. The SMILES string of the molecule is NC(=O)CCC1CCCN(CC(=O)NCCc2ccc(S(N)(=O)=O)cc2)C1. The smallest absolute Gasteiger partial charge is 0.238 e. The molecule has 1 aromatic carbocycles. The van der Waals surface area contributed by atoms with Gasteiger partial charge in [0.15, 0.2) is 0 Å². The van der Waals surface area contributed by atoms with Crippen molar-refractivity contribution in [1.29, 1.82) is 0 Å². The summed E-state index contributed by atoms with van der Waals surface area (Å²) in [6.07, 6.45) is 3.88. The van der Waals surface area contributed by atoms with Crippen LogP contribution < -0.4 is 16.2 Å². The average Bonchev–Trinajstić information content (AvgIpc) is 2.60. The second-order valence-corrected chi connectivity index (χ2v) is 8.60. The van der Waals surface area contributed by atoms with Crippen molar-refractivity contribution in [3.63, 3.8) is 0 Å². The number of nitrogens with zero attached hydrogens (tertiary/aromatic N) is 1. The van der Waals surface area contributed by atoms with Crippen molar-refractivity contribution in [3.05, 3.63) is 29.8 Å². The molecule has 8 nitrogen and oxygen atoms in total. The Morgan fingerprint density at radius 2 is 1.93 bits per heavy atom. The van der Waals surface area contributed by atoms with E-state index in [1.54, 1.807) is 12.1 Å². The van der Waals surface area contributed by atoms with E-state index in [1.165, 1.54) is 12.1 Å². The van der Waals surface area contributed by atoms with Gasteiger partial charge in [-0.1, -0.05) is 12.1 Å².